The topological polar surface area (TPSA) is 91.2 Å². The third-order valence-corrected chi connectivity index (χ3v) is 7.93. The number of hydrogen-bond donors (Lipinski definition) is 3. The van der Waals surface area contributed by atoms with Crippen LogP contribution in [0.1, 0.15) is 55.5 Å². The van der Waals surface area contributed by atoms with Gasteiger partial charge < -0.3 is 20.9 Å². The number of H-pyrrole nitrogens is 1. The Morgan fingerprint density at radius 3 is 2.71 bits per heavy atom. The van der Waals surface area contributed by atoms with E-state index in [9.17, 15) is 14.0 Å². The number of fused-ring (bicyclic) bond motifs is 2. The van der Waals surface area contributed by atoms with E-state index >= 15 is 0 Å². The van der Waals surface area contributed by atoms with E-state index in [-0.39, 0.29) is 35.1 Å². The summed E-state index contributed by atoms with van der Waals surface area (Å²) in [6.07, 6.45) is 4.24. The number of aromatic amines is 1. The molecule has 1 saturated carbocycles. The maximum atomic E-state index is 14.8. The summed E-state index contributed by atoms with van der Waals surface area (Å²) in [6, 6.07) is 7.94. The third kappa shape index (κ3) is 4.41. The lowest BCUT2D eigenvalue weighted by Gasteiger charge is -2.36. The van der Waals surface area contributed by atoms with Crippen LogP contribution in [-0.2, 0) is 16.8 Å². The fraction of sp³-hybridized carbons (Fsp3) is 0.385. The molecule has 1 aromatic heterocycles. The molecule has 184 valence electrons. The molecule has 2 heterocycles. The number of rotatable bonds is 4. The van der Waals surface area contributed by atoms with Crippen molar-refractivity contribution in [1.82, 2.24) is 9.88 Å². The van der Waals surface area contributed by atoms with E-state index in [0.29, 0.717) is 34.1 Å². The summed E-state index contributed by atoms with van der Waals surface area (Å²) in [4.78, 5) is 30.3. The Hall–Kier alpha value is -2.61. The predicted molar refractivity (Wildman–Crippen MR) is 138 cm³/mol. The molecule has 3 aromatic rings. The van der Waals surface area contributed by atoms with Gasteiger partial charge in [0, 0.05) is 22.3 Å². The monoisotopic (exact) mass is 516 g/mol. The molecule has 1 atom stereocenters. The van der Waals surface area contributed by atoms with Gasteiger partial charge in [0.05, 0.1) is 29.2 Å². The van der Waals surface area contributed by atoms with E-state index in [4.69, 9.17) is 28.9 Å². The molecule has 1 aliphatic carbocycles. The molecule has 5 rings (SSSR count). The Morgan fingerprint density at radius 1 is 1.23 bits per heavy atom. The Kier molecular flexibility index (Phi) is 6.28. The maximum Gasteiger partial charge on any atom is 0.256 e. The SMILES string of the molecule is CC1c2c(Cl)cc(Cl)cc2CCN1C(=O)CNc1cc2cc(C3(N)CCCC3)[nH]c(=O)c2cc1F. The van der Waals surface area contributed by atoms with Gasteiger partial charge in [-0.15, -0.1) is 0 Å². The van der Waals surface area contributed by atoms with Crippen molar-refractivity contribution in [2.45, 2.75) is 50.6 Å². The summed E-state index contributed by atoms with van der Waals surface area (Å²) in [6.45, 7) is 2.35. The zero-order valence-electron chi connectivity index (χ0n) is 19.4. The molecule has 1 unspecified atom stereocenters. The Labute approximate surface area is 212 Å². The number of aromatic nitrogens is 1. The first kappa shape index (κ1) is 24.1. The first-order chi connectivity index (χ1) is 16.7. The van der Waals surface area contributed by atoms with Crippen molar-refractivity contribution >= 4 is 45.6 Å². The quantitative estimate of drug-likeness (QED) is 0.441. The van der Waals surface area contributed by atoms with Gasteiger partial charge in [-0.05, 0) is 73.0 Å². The molecular weight excluding hydrogens is 490 g/mol. The first-order valence-corrected chi connectivity index (χ1v) is 12.6. The molecule has 0 spiro atoms. The lowest BCUT2D eigenvalue weighted by molar-refractivity contribution is -0.131. The van der Waals surface area contributed by atoms with Gasteiger partial charge in [-0.3, -0.25) is 9.59 Å². The van der Waals surface area contributed by atoms with Gasteiger partial charge in [0.2, 0.25) is 5.91 Å². The minimum absolute atomic E-state index is 0.0931. The minimum Gasteiger partial charge on any atom is -0.374 e. The van der Waals surface area contributed by atoms with Crippen LogP contribution >= 0.6 is 23.2 Å². The number of anilines is 1. The van der Waals surface area contributed by atoms with Crippen LogP contribution in [-0.4, -0.2) is 28.9 Å². The molecule has 0 bridgehead atoms. The van der Waals surface area contributed by atoms with Crippen molar-refractivity contribution in [1.29, 1.82) is 0 Å². The number of halogens is 3. The van der Waals surface area contributed by atoms with Gasteiger partial charge in [-0.1, -0.05) is 36.0 Å². The summed E-state index contributed by atoms with van der Waals surface area (Å²) < 4.78 is 14.8. The van der Waals surface area contributed by atoms with E-state index in [1.807, 2.05) is 19.1 Å². The smallest absolute Gasteiger partial charge is 0.256 e. The molecule has 2 aromatic carbocycles. The number of nitrogens with one attached hydrogen (secondary N) is 2. The summed E-state index contributed by atoms with van der Waals surface area (Å²) >= 11 is 12.5. The van der Waals surface area contributed by atoms with Crippen molar-refractivity contribution in [3.05, 3.63) is 73.4 Å². The first-order valence-electron chi connectivity index (χ1n) is 11.8. The fourth-order valence-corrected chi connectivity index (χ4v) is 6.18. The molecule has 1 amide bonds. The standard InChI is InChI=1S/C26H27Cl2FN4O2/c1-14-24-15(8-17(27)11-19(24)28)4-7-33(14)23(34)13-31-21-9-16-10-22(26(30)5-2-3-6-26)32-25(35)18(16)12-20(21)29/h8-12,14,31H,2-7,13,30H2,1H3,(H,32,35). The number of nitrogens with two attached hydrogens (primary N) is 1. The van der Waals surface area contributed by atoms with Crippen LogP contribution in [0.15, 0.2) is 35.1 Å². The van der Waals surface area contributed by atoms with Crippen molar-refractivity contribution in [3.63, 3.8) is 0 Å². The lowest BCUT2D eigenvalue weighted by Crippen LogP contribution is -2.42. The number of hydrogen-bond acceptors (Lipinski definition) is 4. The molecule has 1 aliphatic heterocycles. The van der Waals surface area contributed by atoms with E-state index in [2.05, 4.69) is 10.3 Å². The van der Waals surface area contributed by atoms with Crippen LogP contribution in [0.25, 0.3) is 10.8 Å². The summed E-state index contributed by atoms with van der Waals surface area (Å²) in [7, 11) is 0. The second-order valence-electron chi connectivity index (χ2n) is 9.62. The normalized spacial score (nSPS) is 19.1. The highest BCUT2D eigenvalue weighted by atomic mass is 35.5. The van der Waals surface area contributed by atoms with Gasteiger partial charge in [-0.25, -0.2) is 4.39 Å². The van der Waals surface area contributed by atoms with Gasteiger partial charge in [0.25, 0.3) is 5.56 Å². The van der Waals surface area contributed by atoms with Gasteiger partial charge >= 0.3 is 0 Å². The zero-order valence-corrected chi connectivity index (χ0v) is 20.9. The fourth-order valence-electron chi connectivity index (χ4n) is 5.48. The van der Waals surface area contributed by atoms with E-state index in [0.717, 1.165) is 36.8 Å². The molecule has 2 aliphatic rings. The number of carbonyl (C=O) groups is 1. The molecule has 1 fully saturated rings. The zero-order chi connectivity index (χ0) is 24.9. The second kappa shape index (κ2) is 9.12. The number of pyridine rings is 1. The van der Waals surface area contributed by atoms with Crippen molar-refractivity contribution in [3.8, 4) is 0 Å². The van der Waals surface area contributed by atoms with Gasteiger partial charge in [-0.2, -0.15) is 0 Å². The van der Waals surface area contributed by atoms with Crippen molar-refractivity contribution in [2.24, 2.45) is 5.73 Å². The average molecular weight is 517 g/mol. The largest absolute Gasteiger partial charge is 0.374 e. The summed E-state index contributed by atoms with van der Waals surface area (Å²) in [5.74, 6) is -0.770. The highest BCUT2D eigenvalue weighted by molar-refractivity contribution is 6.35. The molecule has 9 heteroatoms. The van der Waals surface area contributed by atoms with Crippen LogP contribution in [0.2, 0.25) is 10.0 Å². The van der Waals surface area contributed by atoms with Crippen LogP contribution < -0.4 is 16.6 Å². The number of nitrogens with zero attached hydrogens (tertiary/aromatic N) is 1. The second-order valence-corrected chi connectivity index (χ2v) is 10.5. The van der Waals surface area contributed by atoms with E-state index in [1.54, 1.807) is 17.0 Å². The molecule has 4 N–H and O–H groups in total. The number of benzene rings is 2. The summed E-state index contributed by atoms with van der Waals surface area (Å²) in [5, 5.41) is 4.87. The Morgan fingerprint density at radius 2 is 1.97 bits per heavy atom. The third-order valence-electron chi connectivity index (χ3n) is 7.40. The van der Waals surface area contributed by atoms with Gasteiger partial charge in [0.1, 0.15) is 5.82 Å². The predicted octanol–water partition coefficient (Wildman–Crippen LogP) is 5.26. The number of amides is 1. The summed E-state index contributed by atoms with van der Waals surface area (Å²) in [5.41, 5.74) is 8.34. The highest BCUT2D eigenvalue weighted by Gasteiger charge is 2.33. The molecule has 6 nitrogen and oxygen atoms in total. The molecule has 0 saturated heterocycles. The highest BCUT2D eigenvalue weighted by Crippen LogP contribution is 2.38. The van der Waals surface area contributed by atoms with E-state index < -0.39 is 11.4 Å². The van der Waals surface area contributed by atoms with Crippen LogP contribution in [0.3, 0.4) is 0 Å². The average Bonchev–Trinajstić information content (AvgIpc) is 3.25. The minimum atomic E-state index is -0.596. The Balaban J connectivity index is 1.37. The van der Waals surface area contributed by atoms with Crippen molar-refractivity contribution < 1.29 is 9.18 Å². The van der Waals surface area contributed by atoms with Gasteiger partial charge in [0.15, 0.2) is 0 Å². The van der Waals surface area contributed by atoms with E-state index in [1.165, 1.54) is 6.07 Å². The van der Waals surface area contributed by atoms with Crippen LogP contribution in [0, 0.1) is 5.82 Å². The Bertz CT molecular complexity index is 1380. The van der Waals surface area contributed by atoms with Crippen LogP contribution in [0.5, 0.6) is 0 Å². The molecular formula is C26H27Cl2FN4O2. The maximum absolute atomic E-state index is 14.8. The molecule has 35 heavy (non-hydrogen) atoms. The van der Waals surface area contributed by atoms with Crippen molar-refractivity contribution in [2.75, 3.05) is 18.4 Å². The number of carbonyl (C=O) groups excluding carboxylic acids is 1. The molecule has 0 radical (unpaired) electrons. The lowest BCUT2D eigenvalue weighted by atomic mass is 9.93. The van der Waals surface area contributed by atoms with Crippen LogP contribution in [0.4, 0.5) is 10.1 Å².